The minimum atomic E-state index is -1.01. The zero-order valence-corrected chi connectivity index (χ0v) is 11.4. The van der Waals surface area contributed by atoms with E-state index in [-0.39, 0.29) is 19.0 Å². The maximum Gasteiger partial charge on any atom is 0.325 e. The SMILES string of the molecule is O=C(O)Cn1ccc(NC(=O)C2COc3ccccc3O2)n1. The van der Waals surface area contributed by atoms with E-state index in [1.165, 1.54) is 16.9 Å². The lowest BCUT2D eigenvalue weighted by Crippen LogP contribution is -2.40. The summed E-state index contributed by atoms with van der Waals surface area (Å²) in [5, 5.41) is 15.2. The van der Waals surface area contributed by atoms with Crippen molar-refractivity contribution in [2.45, 2.75) is 12.6 Å². The minimum absolute atomic E-state index is 0.0959. The molecule has 1 aromatic heterocycles. The van der Waals surface area contributed by atoms with Gasteiger partial charge in [-0.3, -0.25) is 14.3 Å². The minimum Gasteiger partial charge on any atom is -0.485 e. The average Bonchev–Trinajstić information content (AvgIpc) is 2.93. The van der Waals surface area contributed by atoms with Gasteiger partial charge in [0.1, 0.15) is 13.2 Å². The Morgan fingerprint density at radius 1 is 1.32 bits per heavy atom. The van der Waals surface area contributed by atoms with Crippen LogP contribution in [0.5, 0.6) is 11.5 Å². The highest BCUT2D eigenvalue weighted by Crippen LogP contribution is 2.31. The fourth-order valence-corrected chi connectivity index (χ4v) is 2.01. The number of aromatic nitrogens is 2. The number of rotatable bonds is 4. The number of para-hydroxylation sites is 2. The summed E-state index contributed by atoms with van der Waals surface area (Å²) in [5.74, 6) is -0.0621. The molecule has 22 heavy (non-hydrogen) atoms. The van der Waals surface area contributed by atoms with Gasteiger partial charge >= 0.3 is 5.97 Å². The lowest BCUT2D eigenvalue weighted by molar-refractivity contribution is -0.137. The van der Waals surface area contributed by atoms with E-state index >= 15 is 0 Å². The molecule has 2 N–H and O–H groups in total. The Bertz CT molecular complexity index is 712. The average molecular weight is 303 g/mol. The van der Waals surface area contributed by atoms with Crippen LogP contribution >= 0.6 is 0 Å². The normalized spacial score (nSPS) is 16.1. The number of carbonyl (C=O) groups is 2. The van der Waals surface area contributed by atoms with Gasteiger partial charge in [-0.25, -0.2) is 0 Å². The number of carboxylic acid groups (broad SMARTS) is 1. The van der Waals surface area contributed by atoms with Crippen LogP contribution < -0.4 is 14.8 Å². The molecule has 0 aliphatic carbocycles. The van der Waals surface area contributed by atoms with Crippen LogP contribution in [0.1, 0.15) is 0 Å². The van der Waals surface area contributed by atoms with Crippen LogP contribution in [0.15, 0.2) is 36.5 Å². The van der Waals surface area contributed by atoms with E-state index < -0.39 is 18.0 Å². The number of carboxylic acids is 1. The number of carbonyl (C=O) groups excluding carboxylic acids is 1. The first kappa shape index (κ1) is 13.9. The molecule has 2 heterocycles. The maximum atomic E-state index is 12.1. The Balaban J connectivity index is 1.63. The second-order valence-corrected chi connectivity index (χ2v) is 4.65. The van der Waals surface area contributed by atoms with Crippen molar-refractivity contribution in [2.24, 2.45) is 0 Å². The molecule has 0 bridgehead atoms. The molecule has 0 radical (unpaired) electrons. The highest BCUT2D eigenvalue weighted by Gasteiger charge is 2.27. The topological polar surface area (TPSA) is 103 Å². The van der Waals surface area contributed by atoms with Crippen molar-refractivity contribution in [3.63, 3.8) is 0 Å². The summed E-state index contributed by atoms with van der Waals surface area (Å²) < 4.78 is 12.2. The zero-order chi connectivity index (χ0) is 15.5. The molecule has 114 valence electrons. The number of anilines is 1. The summed E-state index contributed by atoms with van der Waals surface area (Å²) in [6.07, 6.45) is 0.677. The van der Waals surface area contributed by atoms with Gasteiger partial charge in [0, 0.05) is 12.3 Å². The van der Waals surface area contributed by atoms with Crippen LogP contribution in [0.3, 0.4) is 0 Å². The highest BCUT2D eigenvalue weighted by atomic mass is 16.6. The number of amides is 1. The van der Waals surface area contributed by atoms with Crippen molar-refractivity contribution in [3.05, 3.63) is 36.5 Å². The molecular weight excluding hydrogens is 290 g/mol. The predicted molar refractivity (Wildman–Crippen MR) is 74.8 cm³/mol. The largest absolute Gasteiger partial charge is 0.485 e. The van der Waals surface area contributed by atoms with Gasteiger partial charge in [-0.15, -0.1) is 0 Å². The Labute approximate surface area is 125 Å². The molecule has 3 rings (SSSR count). The molecule has 1 unspecified atom stereocenters. The molecule has 8 nitrogen and oxygen atoms in total. The predicted octanol–water partition coefficient (Wildman–Crippen LogP) is 0.746. The summed E-state index contributed by atoms with van der Waals surface area (Å²) >= 11 is 0. The van der Waals surface area contributed by atoms with E-state index in [4.69, 9.17) is 14.6 Å². The van der Waals surface area contributed by atoms with Gasteiger partial charge in [0.2, 0.25) is 6.10 Å². The first-order chi connectivity index (χ1) is 10.6. The van der Waals surface area contributed by atoms with Crippen molar-refractivity contribution >= 4 is 17.7 Å². The Hall–Kier alpha value is -3.03. The van der Waals surface area contributed by atoms with Gasteiger partial charge in [-0.05, 0) is 12.1 Å². The standard InChI is InChI=1S/C14H13N3O5/c18-13(19)7-17-6-5-12(16-17)15-14(20)11-8-21-9-3-1-2-4-10(9)22-11/h1-6,11H,7-8H2,(H,18,19)(H,15,16,20). The summed E-state index contributed by atoms with van der Waals surface area (Å²) in [6, 6.07) is 8.60. The second-order valence-electron chi connectivity index (χ2n) is 4.65. The number of fused-ring (bicyclic) bond motifs is 1. The fourth-order valence-electron chi connectivity index (χ4n) is 2.01. The van der Waals surface area contributed by atoms with E-state index in [0.29, 0.717) is 11.5 Å². The van der Waals surface area contributed by atoms with Crippen LogP contribution in [-0.2, 0) is 16.1 Å². The number of nitrogens with one attached hydrogen (secondary N) is 1. The molecule has 1 aromatic carbocycles. The van der Waals surface area contributed by atoms with Crippen LogP contribution in [0.4, 0.5) is 5.82 Å². The Morgan fingerprint density at radius 3 is 2.86 bits per heavy atom. The third-order valence-electron chi connectivity index (χ3n) is 2.99. The van der Waals surface area contributed by atoms with Crippen molar-refractivity contribution in [3.8, 4) is 11.5 Å². The van der Waals surface area contributed by atoms with E-state index in [1.807, 2.05) is 6.07 Å². The molecule has 1 amide bonds. The van der Waals surface area contributed by atoms with Gasteiger partial charge in [-0.1, -0.05) is 12.1 Å². The Kier molecular flexibility index (Phi) is 3.65. The molecule has 1 aliphatic rings. The van der Waals surface area contributed by atoms with Crippen molar-refractivity contribution in [2.75, 3.05) is 11.9 Å². The van der Waals surface area contributed by atoms with E-state index in [9.17, 15) is 9.59 Å². The van der Waals surface area contributed by atoms with Crippen molar-refractivity contribution < 1.29 is 24.2 Å². The van der Waals surface area contributed by atoms with Crippen LogP contribution in [0.25, 0.3) is 0 Å². The third kappa shape index (κ3) is 3.00. The zero-order valence-electron chi connectivity index (χ0n) is 11.4. The summed E-state index contributed by atoms with van der Waals surface area (Å²) in [6.45, 7) is -0.176. The molecule has 0 spiro atoms. The van der Waals surface area contributed by atoms with E-state index in [2.05, 4.69) is 10.4 Å². The van der Waals surface area contributed by atoms with Gasteiger partial charge < -0.3 is 19.9 Å². The lowest BCUT2D eigenvalue weighted by Gasteiger charge is -2.25. The number of hydrogen-bond donors (Lipinski definition) is 2. The molecular formula is C14H13N3O5. The van der Waals surface area contributed by atoms with Crippen LogP contribution in [0, 0.1) is 0 Å². The summed E-state index contributed by atoms with van der Waals surface area (Å²) in [4.78, 5) is 22.7. The number of aliphatic carboxylic acids is 1. The van der Waals surface area contributed by atoms with Crippen LogP contribution in [-0.4, -0.2) is 39.5 Å². The fraction of sp³-hybridized carbons (Fsp3) is 0.214. The van der Waals surface area contributed by atoms with Crippen molar-refractivity contribution in [1.82, 2.24) is 9.78 Å². The highest BCUT2D eigenvalue weighted by molar-refractivity contribution is 5.93. The van der Waals surface area contributed by atoms with Gasteiger partial charge in [0.15, 0.2) is 17.3 Å². The third-order valence-corrected chi connectivity index (χ3v) is 2.99. The number of hydrogen-bond acceptors (Lipinski definition) is 5. The molecule has 0 fully saturated rings. The summed E-state index contributed by atoms with van der Waals surface area (Å²) in [5.41, 5.74) is 0. The monoisotopic (exact) mass is 303 g/mol. The number of benzene rings is 1. The van der Waals surface area contributed by atoms with E-state index in [1.54, 1.807) is 18.2 Å². The summed E-state index contributed by atoms with van der Waals surface area (Å²) in [7, 11) is 0. The maximum absolute atomic E-state index is 12.1. The lowest BCUT2D eigenvalue weighted by atomic mass is 10.2. The molecule has 0 saturated carbocycles. The van der Waals surface area contributed by atoms with Gasteiger partial charge in [0.05, 0.1) is 0 Å². The van der Waals surface area contributed by atoms with Gasteiger partial charge in [0.25, 0.3) is 5.91 Å². The number of nitrogens with zero attached hydrogens (tertiary/aromatic N) is 2. The van der Waals surface area contributed by atoms with E-state index in [0.717, 1.165) is 0 Å². The molecule has 0 saturated heterocycles. The first-order valence-corrected chi connectivity index (χ1v) is 6.56. The number of ether oxygens (including phenoxy) is 2. The van der Waals surface area contributed by atoms with Crippen LogP contribution in [0.2, 0.25) is 0 Å². The first-order valence-electron chi connectivity index (χ1n) is 6.56. The Morgan fingerprint density at radius 2 is 2.09 bits per heavy atom. The smallest absolute Gasteiger partial charge is 0.325 e. The quantitative estimate of drug-likeness (QED) is 0.864. The molecule has 8 heteroatoms. The second kappa shape index (κ2) is 5.76. The molecule has 1 aliphatic heterocycles. The molecule has 2 aromatic rings. The molecule has 1 atom stereocenters. The van der Waals surface area contributed by atoms with Crippen molar-refractivity contribution in [1.29, 1.82) is 0 Å². The van der Waals surface area contributed by atoms with Gasteiger partial charge in [-0.2, -0.15) is 5.10 Å².